The minimum Gasteiger partial charge on any atom is -0.481 e. The Labute approximate surface area is 630 Å². The molecule has 0 radical (unpaired) electrons. The van der Waals surface area contributed by atoms with Gasteiger partial charge in [0.15, 0.2) is 0 Å². The maximum absolute atomic E-state index is 13.8. The number of unbranched alkanes of at least 4 members (excludes halogenated alkanes) is 32. The molecule has 7 atom stereocenters. The molecule has 1 heterocycles. The Bertz CT molecular complexity index is 2100. The number of esters is 4. The summed E-state index contributed by atoms with van der Waals surface area (Å²) in [5, 5.41) is 36.0. The molecule has 17 nitrogen and oxygen atoms in total. The normalized spacial score (nSPS) is 15.3. The Balaban J connectivity index is 0.00000228. The maximum atomic E-state index is 13.8. The lowest BCUT2D eigenvalue weighted by Gasteiger charge is -2.42. The van der Waals surface area contributed by atoms with Crippen LogP contribution in [0.1, 0.15) is 404 Å². The molecule has 1 rings (SSSR count). The number of ether oxygens (including phenoxy) is 5. The van der Waals surface area contributed by atoms with Gasteiger partial charge in [-0.25, -0.2) is 0 Å². The van der Waals surface area contributed by atoms with E-state index in [-0.39, 0.29) is 75.5 Å². The van der Waals surface area contributed by atoms with Crippen LogP contribution < -0.4 is 5.32 Å². The fourth-order valence-corrected chi connectivity index (χ4v) is 14.5. The number of hydrogen-bond acceptors (Lipinski definition) is 14. The van der Waals surface area contributed by atoms with E-state index < -0.39 is 58.1 Å². The van der Waals surface area contributed by atoms with Crippen LogP contribution in [0.4, 0.5) is 0 Å². The van der Waals surface area contributed by atoms with Gasteiger partial charge in [-0.15, -0.1) is 0 Å². The van der Waals surface area contributed by atoms with E-state index in [0.717, 1.165) is 180 Å². The highest BCUT2D eigenvalue weighted by atomic mass is 16.6. The first-order valence-electron chi connectivity index (χ1n) is 43.0. The van der Waals surface area contributed by atoms with Gasteiger partial charge in [0.1, 0.15) is 18.8 Å². The molecular formula is C86H162N2O15. The number of aliphatic carboxylic acids is 2. The first-order valence-corrected chi connectivity index (χ1v) is 43.0. The monoisotopic (exact) mass is 1460 g/mol. The third-order valence-electron chi connectivity index (χ3n) is 21.7. The molecule has 0 aromatic carbocycles. The van der Waals surface area contributed by atoms with E-state index in [0.29, 0.717) is 58.3 Å². The number of hydrogen-bond donors (Lipinski definition) is 4. The van der Waals surface area contributed by atoms with Crippen LogP contribution in [0, 0.1) is 34.0 Å². The van der Waals surface area contributed by atoms with Crippen molar-refractivity contribution in [3.63, 3.8) is 0 Å². The van der Waals surface area contributed by atoms with Gasteiger partial charge in [-0.3, -0.25) is 38.5 Å². The van der Waals surface area contributed by atoms with Crippen molar-refractivity contribution in [3.8, 4) is 0 Å². The summed E-state index contributed by atoms with van der Waals surface area (Å²) in [5.41, 5.74) is -3.54. The molecular weight excluding hydrogens is 1300 g/mol. The number of aliphatic hydroxyl groups is 1. The fourth-order valence-electron chi connectivity index (χ4n) is 14.5. The van der Waals surface area contributed by atoms with E-state index in [4.69, 9.17) is 23.7 Å². The molecule has 103 heavy (non-hydrogen) atoms. The number of amides is 1. The van der Waals surface area contributed by atoms with Crippen LogP contribution in [0.2, 0.25) is 0 Å². The van der Waals surface area contributed by atoms with Crippen molar-refractivity contribution in [1.82, 2.24) is 10.2 Å². The number of carboxylic acid groups (broad SMARTS) is 2. The zero-order chi connectivity index (χ0) is 76.7. The second-order valence-electron chi connectivity index (χ2n) is 31.7. The van der Waals surface area contributed by atoms with Crippen LogP contribution in [0.3, 0.4) is 0 Å². The summed E-state index contributed by atoms with van der Waals surface area (Å²) in [6.45, 7) is 25.5. The molecule has 0 aromatic heterocycles. The number of rotatable bonds is 70. The maximum Gasteiger partial charge on any atom is 0.310 e. The van der Waals surface area contributed by atoms with Crippen LogP contribution in [0.15, 0.2) is 0 Å². The zero-order valence-electron chi connectivity index (χ0n) is 68.5. The van der Waals surface area contributed by atoms with Crippen molar-refractivity contribution in [3.05, 3.63) is 0 Å². The third kappa shape index (κ3) is 49.0. The number of nitrogens with zero attached hydrogens (tertiary/aromatic N) is 1. The Kier molecular flexibility index (Phi) is 62.8. The number of nitrogens with one attached hydrogen (secondary N) is 1. The van der Waals surface area contributed by atoms with Crippen molar-refractivity contribution in [2.45, 2.75) is 416 Å². The number of aliphatic hydroxyl groups excluding tert-OH is 1. The average molecular weight is 1460 g/mol. The van der Waals surface area contributed by atoms with E-state index in [1.165, 1.54) is 103 Å². The van der Waals surface area contributed by atoms with Gasteiger partial charge in [-0.1, -0.05) is 326 Å². The van der Waals surface area contributed by atoms with E-state index in [1.807, 2.05) is 6.92 Å². The zero-order valence-corrected chi connectivity index (χ0v) is 68.5. The summed E-state index contributed by atoms with van der Waals surface area (Å²) in [4.78, 5) is 94.6. The number of carboxylic acids is 2. The Morgan fingerprint density at radius 3 is 1.23 bits per heavy atom. The lowest BCUT2D eigenvalue weighted by Crippen LogP contribution is -2.47. The summed E-state index contributed by atoms with van der Waals surface area (Å²) in [6.07, 6.45) is 46.8. The molecule has 0 spiro atoms. The fraction of sp³-hybridized carbons (Fsp3) is 0.919. The molecule has 1 saturated heterocycles. The first-order chi connectivity index (χ1) is 49.6. The highest BCUT2D eigenvalue weighted by Crippen LogP contribution is 2.49. The predicted molar refractivity (Wildman–Crippen MR) is 420 cm³/mol. The molecule has 4 N–H and O–H groups in total. The van der Waals surface area contributed by atoms with Crippen LogP contribution in [0.25, 0.3) is 0 Å². The van der Waals surface area contributed by atoms with Gasteiger partial charge in [0, 0.05) is 37.5 Å². The molecule has 1 fully saturated rings. The van der Waals surface area contributed by atoms with Crippen molar-refractivity contribution in [2.75, 3.05) is 59.2 Å². The Hall–Kier alpha value is -3.83. The standard InChI is InChI=1S/C51H94N2O11.C35H68O4/c1-7-11-15-19-21-24-30-50(47(58)59,29-23-17-13-9-3)39-42(51(48(60)61,31-25-18-14-10-4)32-26-22-20-16-12-8-2)40-63-43(54)27-33-52-46(57)45(56)49(5,6)41-64-44(55)28-34-53-35-37-62-38-36-53;1-6-10-14-18-20-24-27-32(26-22-16-12-8-3)34(36)38-30-31(5)39-35(37)33(28-23-17-13-9-4)29-25-21-19-15-11-7-2/h42,45,56H,7-41H2,1-6H3,(H,52,57)(H,58,59)(H,60,61);31-33H,6-30H2,1-5H3/t42?,45-,50?,51?;/m0./s1. The van der Waals surface area contributed by atoms with E-state index in [9.17, 15) is 48.9 Å². The van der Waals surface area contributed by atoms with E-state index in [2.05, 4.69) is 65.6 Å². The number of carbonyl (C=O) groups excluding carboxylic acids is 5. The largest absolute Gasteiger partial charge is 0.481 e. The van der Waals surface area contributed by atoms with Crippen molar-refractivity contribution in [2.24, 2.45) is 34.0 Å². The second kappa shape index (κ2) is 65.3. The molecule has 0 aromatic rings. The smallest absolute Gasteiger partial charge is 0.310 e. The molecule has 606 valence electrons. The summed E-state index contributed by atoms with van der Waals surface area (Å²) < 4.78 is 28.3. The van der Waals surface area contributed by atoms with E-state index in [1.54, 1.807) is 13.8 Å². The predicted octanol–water partition coefficient (Wildman–Crippen LogP) is 21.4. The highest BCUT2D eigenvalue weighted by molar-refractivity contribution is 5.82. The van der Waals surface area contributed by atoms with Crippen LogP contribution in [0.5, 0.6) is 0 Å². The third-order valence-corrected chi connectivity index (χ3v) is 21.7. The molecule has 17 heteroatoms. The summed E-state index contributed by atoms with van der Waals surface area (Å²) in [5.74, 6) is -4.59. The molecule has 0 saturated carbocycles. The van der Waals surface area contributed by atoms with Crippen LogP contribution in [-0.2, 0) is 57.2 Å². The number of morpholine rings is 1. The van der Waals surface area contributed by atoms with Gasteiger partial charge in [-0.2, -0.15) is 0 Å². The van der Waals surface area contributed by atoms with Gasteiger partial charge in [0.05, 0.1) is 61.9 Å². The average Bonchev–Trinajstić information content (AvgIpc) is 0.781. The SMILES string of the molecule is CCCCCCCCC(CCCCCC)(CC(COC(=O)CCNC(=O)[C@H](O)C(C)(C)COC(=O)CCN1CCOCC1)C(CCCCCC)(CCCCCCCC)C(=O)O)C(=O)O.CCCCCCCCC(CCCCCC)C(=O)OCC(C)OC(=O)C(CCCCCC)CCCCCCCC. The van der Waals surface area contributed by atoms with Crippen molar-refractivity contribution < 1.29 is 72.6 Å². The van der Waals surface area contributed by atoms with E-state index >= 15 is 0 Å². The van der Waals surface area contributed by atoms with Crippen molar-refractivity contribution in [1.29, 1.82) is 0 Å². The minimum absolute atomic E-state index is 0.0186. The molecule has 1 amide bonds. The quantitative estimate of drug-likeness (QED) is 0.0251. The topological polar surface area (TPSA) is 242 Å². The molecule has 1 aliphatic rings. The second-order valence-corrected chi connectivity index (χ2v) is 31.7. The Morgan fingerprint density at radius 2 is 0.816 bits per heavy atom. The lowest BCUT2D eigenvalue weighted by molar-refractivity contribution is -0.166. The summed E-state index contributed by atoms with van der Waals surface area (Å²) in [7, 11) is 0. The highest BCUT2D eigenvalue weighted by Gasteiger charge is 2.51. The van der Waals surface area contributed by atoms with Gasteiger partial charge in [0.2, 0.25) is 5.91 Å². The molecule has 6 unspecified atom stereocenters. The first kappa shape index (κ1) is 99.2. The number of carbonyl (C=O) groups is 7. The Morgan fingerprint density at radius 1 is 0.447 bits per heavy atom. The van der Waals surface area contributed by atoms with Gasteiger partial charge in [-0.05, 0) is 64.7 Å². The molecule has 0 bridgehead atoms. The van der Waals surface area contributed by atoms with Gasteiger partial charge < -0.3 is 44.3 Å². The summed E-state index contributed by atoms with van der Waals surface area (Å²) in [6, 6.07) is 0. The van der Waals surface area contributed by atoms with Gasteiger partial charge >= 0.3 is 35.8 Å². The van der Waals surface area contributed by atoms with Gasteiger partial charge in [0.25, 0.3) is 0 Å². The molecule has 1 aliphatic heterocycles. The van der Waals surface area contributed by atoms with Crippen LogP contribution in [-0.4, -0.2) is 133 Å². The minimum atomic E-state index is -1.53. The van der Waals surface area contributed by atoms with Crippen molar-refractivity contribution >= 4 is 41.7 Å². The van der Waals surface area contributed by atoms with Crippen LogP contribution >= 0.6 is 0 Å². The lowest BCUT2D eigenvalue weighted by atomic mass is 9.61. The molecule has 0 aliphatic carbocycles. The summed E-state index contributed by atoms with van der Waals surface area (Å²) >= 11 is 0.